The van der Waals surface area contributed by atoms with Crippen molar-refractivity contribution in [2.45, 2.75) is 52.1 Å². The van der Waals surface area contributed by atoms with Crippen LogP contribution in [0.2, 0.25) is 0 Å². The maximum atomic E-state index is 3.72. The van der Waals surface area contributed by atoms with Crippen LogP contribution >= 0.6 is 0 Å². The first-order chi connectivity index (χ1) is 8.54. The molecule has 0 spiro atoms. The molecule has 3 nitrogen and oxygen atoms in total. The van der Waals surface area contributed by atoms with E-state index < -0.39 is 0 Å². The monoisotopic (exact) mass is 255 g/mol. The Labute approximate surface area is 114 Å². The average molecular weight is 255 g/mol. The smallest absolute Gasteiger partial charge is 0.0107 e. The summed E-state index contributed by atoms with van der Waals surface area (Å²) in [6.45, 7) is 11.7. The van der Waals surface area contributed by atoms with Gasteiger partial charge in [-0.2, -0.15) is 0 Å². The summed E-state index contributed by atoms with van der Waals surface area (Å²) < 4.78 is 0. The van der Waals surface area contributed by atoms with Crippen molar-refractivity contribution < 1.29 is 0 Å². The van der Waals surface area contributed by atoms with Gasteiger partial charge in [-0.25, -0.2) is 0 Å². The molecule has 0 amide bonds. The van der Waals surface area contributed by atoms with Gasteiger partial charge in [-0.05, 0) is 66.2 Å². The molecule has 0 aromatic carbocycles. The van der Waals surface area contributed by atoms with Gasteiger partial charge in [0, 0.05) is 25.2 Å². The maximum Gasteiger partial charge on any atom is 0.0107 e. The van der Waals surface area contributed by atoms with Crippen LogP contribution in [0.1, 0.15) is 40.0 Å². The summed E-state index contributed by atoms with van der Waals surface area (Å²) in [4.78, 5) is 4.90. The van der Waals surface area contributed by atoms with E-state index in [9.17, 15) is 0 Å². The van der Waals surface area contributed by atoms with Crippen molar-refractivity contribution in [2.75, 3.05) is 40.3 Å². The first kappa shape index (κ1) is 15.9. The van der Waals surface area contributed by atoms with Gasteiger partial charge in [0.1, 0.15) is 0 Å². The fourth-order valence-corrected chi connectivity index (χ4v) is 2.70. The average Bonchev–Trinajstić information content (AvgIpc) is 2.38. The first-order valence-corrected chi connectivity index (χ1v) is 7.66. The van der Waals surface area contributed by atoms with Crippen molar-refractivity contribution >= 4 is 0 Å². The van der Waals surface area contributed by atoms with Gasteiger partial charge in [-0.1, -0.05) is 6.92 Å². The molecular weight excluding hydrogens is 222 g/mol. The molecule has 1 saturated heterocycles. The Morgan fingerprint density at radius 2 is 1.89 bits per heavy atom. The molecule has 3 heteroatoms. The van der Waals surface area contributed by atoms with Gasteiger partial charge in [0.15, 0.2) is 0 Å². The van der Waals surface area contributed by atoms with Crippen LogP contribution in [0.25, 0.3) is 0 Å². The second kappa shape index (κ2) is 8.13. The lowest BCUT2D eigenvalue weighted by Gasteiger charge is -2.33. The molecule has 1 N–H and O–H groups in total. The lowest BCUT2D eigenvalue weighted by atomic mass is 9.90. The van der Waals surface area contributed by atoms with Crippen LogP contribution in [0.3, 0.4) is 0 Å². The van der Waals surface area contributed by atoms with Crippen molar-refractivity contribution in [3.8, 4) is 0 Å². The number of hydrogen-bond donors (Lipinski definition) is 1. The fourth-order valence-electron chi connectivity index (χ4n) is 2.70. The number of likely N-dealkylation sites (N-methyl/N-ethyl adjacent to an activating group) is 1. The molecule has 0 aromatic heterocycles. The molecule has 1 aliphatic heterocycles. The van der Waals surface area contributed by atoms with Crippen LogP contribution in [0.4, 0.5) is 0 Å². The Morgan fingerprint density at radius 1 is 1.28 bits per heavy atom. The van der Waals surface area contributed by atoms with Crippen LogP contribution in [-0.4, -0.2) is 62.2 Å². The quantitative estimate of drug-likeness (QED) is 0.751. The minimum atomic E-state index is 0.670. The number of nitrogens with zero attached hydrogens (tertiary/aromatic N) is 2. The van der Waals surface area contributed by atoms with Gasteiger partial charge in [0.25, 0.3) is 0 Å². The van der Waals surface area contributed by atoms with E-state index >= 15 is 0 Å². The molecule has 18 heavy (non-hydrogen) atoms. The normalized spacial score (nSPS) is 22.3. The van der Waals surface area contributed by atoms with Crippen LogP contribution in [0, 0.1) is 5.92 Å². The SMILES string of the molecule is CCC(C)N(C)CCNC(C)C1CCN(C)CC1. The van der Waals surface area contributed by atoms with Crippen molar-refractivity contribution in [1.29, 1.82) is 0 Å². The van der Waals surface area contributed by atoms with Crippen molar-refractivity contribution in [1.82, 2.24) is 15.1 Å². The third-order valence-electron chi connectivity index (χ3n) is 4.74. The Hall–Kier alpha value is -0.120. The summed E-state index contributed by atoms with van der Waals surface area (Å²) in [7, 11) is 4.46. The lowest BCUT2D eigenvalue weighted by Crippen LogP contribution is -2.43. The highest BCUT2D eigenvalue weighted by Gasteiger charge is 2.21. The summed E-state index contributed by atoms with van der Waals surface area (Å²) in [5.41, 5.74) is 0. The Balaban J connectivity index is 2.15. The van der Waals surface area contributed by atoms with E-state index in [0.29, 0.717) is 12.1 Å². The van der Waals surface area contributed by atoms with E-state index in [4.69, 9.17) is 0 Å². The molecule has 0 saturated carbocycles. The summed E-state index contributed by atoms with van der Waals surface area (Å²) in [5, 5.41) is 3.72. The van der Waals surface area contributed by atoms with Gasteiger partial charge < -0.3 is 15.1 Å². The maximum absolute atomic E-state index is 3.72. The minimum Gasteiger partial charge on any atom is -0.313 e. The minimum absolute atomic E-state index is 0.670. The van der Waals surface area contributed by atoms with E-state index in [1.54, 1.807) is 0 Å². The molecule has 108 valence electrons. The van der Waals surface area contributed by atoms with Gasteiger partial charge in [0.2, 0.25) is 0 Å². The number of likely N-dealkylation sites (tertiary alicyclic amines) is 1. The zero-order chi connectivity index (χ0) is 13.5. The van der Waals surface area contributed by atoms with Crippen molar-refractivity contribution in [2.24, 2.45) is 5.92 Å². The Morgan fingerprint density at radius 3 is 2.44 bits per heavy atom. The topological polar surface area (TPSA) is 18.5 Å². The van der Waals surface area contributed by atoms with E-state index in [2.05, 4.69) is 50.0 Å². The van der Waals surface area contributed by atoms with E-state index in [-0.39, 0.29) is 0 Å². The largest absolute Gasteiger partial charge is 0.313 e. The number of hydrogen-bond acceptors (Lipinski definition) is 3. The number of piperidine rings is 1. The van der Waals surface area contributed by atoms with Gasteiger partial charge >= 0.3 is 0 Å². The molecule has 0 aliphatic carbocycles. The third kappa shape index (κ3) is 5.25. The Kier molecular flexibility index (Phi) is 7.20. The first-order valence-electron chi connectivity index (χ1n) is 7.66. The molecule has 0 radical (unpaired) electrons. The third-order valence-corrected chi connectivity index (χ3v) is 4.74. The van der Waals surface area contributed by atoms with Crippen molar-refractivity contribution in [3.63, 3.8) is 0 Å². The molecule has 1 heterocycles. The lowest BCUT2D eigenvalue weighted by molar-refractivity contribution is 0.184. The van der Waals surface area contributed by atoms with E-state index in [1.807, 2.05) is 0 Å². The molecule has 1 rings (SSSR count). The van der Waals surface area contributed by atoms with E-state index in [1.165, 1.54) is 32.4 Å². The van der Waals surface area contributed by atoms with Crippen molar-refractivity contribution in [3.05, 3.63) is 0 Å². The van der Waals surface area contributed by atoms with Crippen LogP contribution in [0.5, 0.6) is 0 Å². The summed E-state index contributed by atoms with van der Waals surface area (Å²) >= 11 is 0. The predicted octanol–water partition coefficient (Wildman–Crippen LogP) is 2.04. The highest BCUT2D eigenvalue weighted by molar-refractivity contribution is 4.78. The molecule has 2 unspecified atom stereocenters. The highest BCUT2D eigenvalue weighted by Crippen LogP contribution is 2.19. The molecule has 1 fully saturated rings. The predicted molar refractivity (Wildman–Crippen MR) is 80.1 cm³/mol. The second-order valence-electron chi connectivity index (χ2n) is 6.12. The molecule has 0 aromatic rings. The van der Waals surface area contributed by atoms with Crippen LogP contribution in [0.15, 0.2) is 0 Å². The summed E-state index contributed by atoms with van der Waals surface area (Å²) in [5.74, 6) is 0.870. The Bertz CT molecular complexity index is 212. The molecular formula is C15H33N3. The molecule has 1 aliphatic rings. The summed E-state index contributed by atoms with van der Waals surface area (Å²) in [6, 6.07) is 1.37. The summed E-state index contributed by atoms with van der Waals surface area (Å²) in [6.07, 6.45) is 3.94. The molecule has 0 bridgehead atoms. The zero-order valence-electron chi connectivity index (χ0n) is 13.1. The second-order valence-corrected chi connectivity index (χ2v) is 6.12. The van der Waals surface area contributed by atoms with Gasteiger partial charge in [-0.15, -0.1) is 0 Å². The van der Waals surface area contributed by atoms with Crippen LogP contribution in [-0.2, 0) is 0 Å². The number of rotatable bonds is 7. The highest BCUT2D eigenvalue weighted by atomic mass is 15.1. The van der Waals surface area contributed by atoms with Gasteiger partial charge in [-0.3, -0.25) is 0 Å². The van der Waals surface area contributed by atoms with Crippen LogP contribution < -0.4 is 5.32 Å². The van der Waals surface area contributed by atoms with Gasteiger partial charge in [0.05, 0.1) is 0 Å². The standard InChI is InChI=1S/C15H33N3/c1-6-13(2)18(5)12-9-16-14(3)15-7-10-17(4)11-8-15/h13-16H,6-12H2,1-5H3. The fraction of sp³-hybridized carbons (Fsp3) is 1.00. The van der Waals surface area contributed by atoms with E-state index in [0.717, 1.165) is 19.0 Å². The number of nitrogens with one attached hydrogen (secondary N) is 1. The zero-order valence-corrected chi connectivity index (χ0v) is 13.1. The molecule has 2 atom stereocenters.